The topological polar surface area (TPSA) is 44.8 Å². The van der Waals surface area contributed by atoms with Gasteiger partial charge in [-0.2, -0.15) is 0 Å². The minimum Gasteiger partial charge on any atom is -0.492 e. The van der Waals surface area contributed by atoms with Crippen LogP contribution in [0.3, 0.4) is 0 Å². The molecule has 168 valence electrons. The Morgan fingerprint density at radius 2 is 2.10 bits per heavy atom. The highest BCUT2D eigenvalue weighted by molar-refractivity contribution is 5.90. The molecule has 2 heterocycles. The molecule has 1 aromatic carbocycles. The number of carbonyl (C=O) groups is 1. The number of quaternary nitrogens is 1. The maximum Gasteiger partial charge on any atom is 0.231 e. The number of rotatable bonds is 5. The van der Waals surface area contributed by atoms with Crippen molar-refractivity contribution in [2.45, 2.75) is 52.5 Å². The number of carbonyl (C=O) groups excluding carboxylic acids is 1. The Morgan fingerprint density at radius 3 is 2.81 bits per heavy atom. The lowest BCUT2D eigenvalue weighted by atomic mass is 9.68. The standard InChI is InChI=1S/C26H36NO4/c1-17-8-7-12-26(2,3)20(17)10-9-19(28)15-21-23-18(11-13-27(21,4)5)14-22-24(25(23)29-6)31-16-30-22/h8-10,14,20-21H,7,11-13,15-16H2,1-6H3/q+1/b10-9+/t20-,21-/m0/s1. The summed E-state index contributed by atoms with van der Waals surface area (Å²) in [7, 11) is 6.07. The molecule has 0 fully saturated rings. The molecule has 0 unspecified atom stereocenters. The lowest BCUT2D eigenvalue weighted by molar-refractivity contribution is -0.922. The van der Waals surface area contributed by atoms with Crippen LogP contribution >= 0.6 is 0 Å². The van der Waals surface area contributed by atoms with Gasteiger partial charge < -0.3 is 18.7 Å². The van der Waals surface area contributed by atoms with Crippen LogP contribution in [-0.2, 0) is 11.2 Å². The van der Waals surface area contributed by atoms with Crippen molar-refractivity contribution in [2.75, 3.05) is 34.5 Å². The van der Waals surface area contributed by atoms with Gasteiger partial charge in [0, 0.05) is 12.3 Å². The van der Waals surface area contributed by atoms with Gasteiger partial charge in [0.25, 0.3) is 0 Å². The van der Waals surface area contributed by atoms with Crippen LogP contribution in [0, 0.1) is 11.3 Å². The van der Waals surface area contributed by atoms with Gasteiger partial charge in [0.1, 0.15) is 6.04 Å². The van der Waals surface area contributed by atoms with Crippen LogP contribution in [0.25, 0.3) is 0 Å². The van der Waals surface area contributed by atoms with Gasteiger partial charge in [-0.1, -0.05) is 31.6 Å². The number of ether oxygens (including phenoxy) is 3. The van der Waals surface area contributed by atoms with Gasteiger partial charge in [0.15, 0.2) is 17.3 Å². The van der Waals surface area contributed by atoms with Gasteiger partial charge in [0.2, 0.25) is 12.5 Å². The van der Waals surface area contributed by atoms with Crippen molar-refractivity contribution in [1.82, 2.24) is 0 Å². The summed E-state index contributed by atoms with van der Waals surface area (Å²) in [5.41, 5.74) is 3.85. The first kappa shape index (κ1) is 21.9. The molecule has 1 aromatic rings. The summed E-state index contributed by atoms with van der Waals surface area (Å²) in [5.74, 6) is 2.62. The molecule has 0 spiro atoms. The summed E-state index contributed by atoms with van der Waals surface area (Å²) < 4.78 is 17.9. The third-order valence-corrected chi connectivity index (χ3v) is 7.54. The molecule has 3 aliphatic rings. The van der Waals surface area contributed by atoms with Crippen LogP contribution in [0.15, 0.2) is 29.9 Å². The zero-order valence-electron chi connectivity index (χ0n) is 19.8. The predicted octanol–water partition coefficient (Wildman–Crippen LogP) is 5.00. The second-order valence-corrected chi connectivity index (χ2v) is 10.5. The average Bonchev–Trinajstić information content (AvgIpc) is 3.16. The molecule has 0 saturated heterocycles. The number of benzene rings is 1. The van der Waals surface area contributed by atoms with Gasteiger partial charge in [0.05, 0.1) is 39.7 Å². The van der Waals surface area contributed by atoms with E-state index in [9.17, 15) is 4.79 Å². The Labute approximate surface area is 186 Å². The summed E-state index contributed by atoms with van der Waals surface area (Å²) in [6, 6.07) is 2.09. The molecule has 0 saturated carbocycles. The SMILES string of the molecule is COc1c2c(cc3c1[C@H](CC(=O)/C=C/[C@H]1C(C)=CCCC1(C)C)[N+](C)(C)CC3)OCO2. The van der Waals surface area contributed by atoms with Gasteiger partial charge in [-0.25, -0.2) is 0 Å². The van der Waals surface area contributed by atoms with Crippen molar-refractivity contribution in [3.8, 4) is 17.2 Å². The zero-order chi connectivity index (χ0) is 22.4. The van der Waals surface area contributed by atoms with Crippen molar-refractivity contribution >= 4 is 5.78 Å². The third kappa shape index (κ3) is 4.00. The molecule has 0 aromatic heterocycles. The molecule has 31 heavy (non-hydrogen) atoms. The monoisotopic (exact) mass is 426 g/mol. The van der Waals surface area contributed by atoms with E-state index in [0.29, 0.717) is 18.1 Å². The fraction of sp³-hybridized carbons (Fsp3) is 0.577. The first-order valence-electron chi connectivity index (χ1n) is 11.3. The fourth-order valence-electron chi connectivity index (χ4n) is 5.56. The Kier molecular flexibility index (Phi) is 5.67. The molecule has 1 aliphatic carbocycles. The Bertz CT molecular complexity index is 941. The summed E-state index contributed by atoms with van der Waals surface area (Å²) in [6.07, 6.45) is 9.92. The van der Waals surface area contributed by atoms with Crippen LogP contribution in [0.5, 0.6) is 17.2 Å². The van der Waals surface area contributed by atoms with Gasteiger partial charge in [-0.05, 0) is 42.9 Å². The van der Waals surface area contributed by atoms with Crippen molar-refractivity contribution in [3.63, 3.8) is 0 Å². The molecule has 5 heteroatoms. The Morgan fingerprint density at radius 1 is 1.32 bits per heavy atom. The van der Waals surface area contributed by atoms with E-state index < -0.39 is 0 Å². The summed E-state index contributed by atoms with van der Waals surface area (Å²) in [5, 5.41) is 0. The molecule has 0 bridgehead atoms. The summed E-state index contributed by atoms with van der Waals surface area (Å²) in [6.45, 7) is 7.96. The highest BCUT2D eigenvalue weighted by atomic mass is 16.7. The summed E-state index contributed by atoms with van der Waals surface area (Å²) >= 11 is 0. The number of hydrogen-bond acceptors (Lipinski definition) is 4. The van der Waals surface area contributed by atoms with E-state index in [4.69, 9.17) is 14.2 Å². The van der Waals surface area contributed by atoms with E-state index in [2.05, 4.69) is 53.1 Å². The van der Waals surface area contributed by atoms with Crippen LogP contribution < -0.4 is 14.2 Å². The lowest BCUT2D eigenvalue weighted by Crippen LogP contribution is -2.48. The molecule has 2 atom stereocenters. The summed E-state index contributed by atoms with van der Waals surface area (Å²) in [4.78, 5) is 13.2. The van der Waals surface area contributed by atoms with Crippen molar-refractivity contribution in [1.29, 1.82) is 0 Å². The molecular weight excluding hydrogens is 390 g/mol. The molecule has 0 amide bonds. The maximum absolute atomic E-state index is 13.2. The molecule has 0 radical (unpaired) electrons. The fourth-order valence-corrected chi connectivity index (χ4v) is 5.56. The zero-order valence-corrected chi connectivity index (χ0v) is 19.8. The molecule has 0 N–H and O–H groups in total. The lowest BCUT2D eigenvalue weighted by Gasteiger charge is -2.43. The first-order chi connectivity index (χ1) is 14.6. The number of fused-ring (bicyclic) bond motifs is 2. The van der Waals surface area contributed by atoms with Crippen molar-refractivity contribution < 1.29 is 23.5 Å². The smallest absolute Gasteiger partial charge is 0.231 e. The normalized spacial score (nSPS) is 25.8. The molecule has 2 aliphatic heterocycles. The van der Waals surface area contributed by atoms with Gasteiger partial charge in [-0.3, -0.25) is 4.79 Å². The Balaban J connectivity index is 1.63. The van der Waals surface area contributed by atoms with Crippen LogP contribution in [0.2, 0.25) is 0 Å². The number of likely N-dealkylation sites (N-methyl/N-ethyl adjacent to an activating group) is 1. The number of methoxy groups -OCH3 is 1. The minimum absolute atomic E-state index is 0.0151. The number of nitrogens with zero attached hydrogens (tertiary/aromatic N) is 1. The number of ketones is 1. The van der Waals surface area contributed by atoms with E-state index >= 15 is 0 Å². The second-order valence-electron chi connectivity index (χ2n) is 10.5. The van der Waals surface area contributed by atoms with Gasteiger partial charge in [-0.15, -0.1) is 0 Å². The third-order valence-electron chi connectivity index (χ3n) is 7.54. The molecule has 5 nitrogen and oxygen atoms in total. The van der Waals surface area contributed by atoms with Crippen LogP contribution in [-0.4, -0.2) is 44.8 Å². The van der Waals surface area contributed by atoms with Gasteiger partial charge >= 0.3 is 0 Å². The van der Waals surface area contributed by atoms with Crippen molar-refractivity contribution in [2.24, 2.45) is 11.3 Å². The van der Waals surface area contributed by atoms with Crippen LogP contribution in [0.1, 0.15) is 57.2 Å². The molecular formula is C26H36NO4+. The Hall–Kier alpha value is -2.27. The predicted molar refractivity (Wildman–Crippen MR) is 122 cm³/mol. The minimum atomic E-state index is 0.0151. The van der Waals surface area contributed by atoms with Crippen molar-refractivity contribution in [3.05, 3.63) is 41.0 Å². The van der Waals surface area contributed by atoms with Crippen LogP contribution in [0.4, 0.5) is 0 Å². The highest BCUT2D eigenvalue weighted by Crippen LogP contribution is 2.51. The molecule has 4 rings (SSSR count). The van der Waals surface area contributed by atoms with E-state index in [1.165, 1.54) is 11.1 Å². The number of hydrogen-bond donors (Lipinski definition) is 0. The first-order valence-corrected chi connectivity index (χ1v) is 11.3. The maximum atomic E-state index is 13.2. The quantitative estimate of drug-likeness (QED) is 0.378. The largest absolute Gasteiger partial charge is 0.492 e. The van der Waals surface area contributed by atoms with E-state index in [0.717, 1.165) is 47.4 Å². The average molecular weight is 427 g/mol. The van der Waals surface area contributed by atoms with E-state index in [1.54, 1.807) is 7.11 Å². The highest BCUT2D eigenvalue weighted by Gasteiger charge is 2.42. The second kappa shape index (κ2) is 8.01. The van der Waals surface area contributed by atoms with E-state index in [1.807, 2.05) is 6.08 Å². The van der Waals surface area contributed by atoms with E-state index in [-0.39, 0.29) is 24.0 Å². The number of allylic oxidation sites excluding steroid dienone is 4.